The second-order valence-corrected chi connectivity index (χ2v) is 7.17. The minimum atomic E-state index is -0.538. The molecule has 7 heteroatoms. The van der Waals surface area contributed by atoms with Crippen LogP contribution in [0, 0.1) is 0 Å². The molecule has 1 aromatic carbocycles. The Balaban J connectivity index is 1.87. The number of aromatic amines is 1. The molecule has 2 heterocycles. The summed E-state index contributed by atoms with van der Waals surface area (Å²) in [6, 6.07) is 5.85. The molecule has 1 aliphatic heterocycles. The Kier molecular flexibility index (Phi) is 5.84. The number of H-pyrrole nitrogens is 1. The molecule has 26 heavy (non-hydrogen) atoms. The van der Waals surface area contributed by atoms with Gasteiger partial charge in [0, 0.05) is 10.9 Å². The standard InChI is InChI=1S/C19H24ClN3O3/c1-3-12-7-4-5-10-23(12)11-15(24)22-17-16-13(20)8-6-9-14(16)21-18(17)19(25)26-2/h6,8-9,12,21H,3-5,7,10-11H2,1-2H3,(H,22,24)/p+1/t12-/m1/s1. The van der Waals surface area contributed by atoms with Crippen LogP contribution in [-0.2, 0) is 9.53 Å². The van der Waals surface area contributed by atoms with Crippen molar-refractivity contribution in [3.8, 4) is 0 Å². The quantitative estimate of drug-likeness (QED) is 0.699. The molecule has 140 valence electrons. The van der Waals surface area contributed by atoms with Crippen LogP contribution in [0.1, 0.15) is 43.1 Å². The number of amides is 1. The summed E-state index contributed by atoms with van der Waals surface area (Å²) in [5.41, 5.74) is 1.29. The second-order valence-electron chi connectivity index (χ2n) is 6.76. The highest BCUT2D eigenvalue weighted by atomic mass is 35.5. The van der Waals surface area contributed by atoms with E-state index in [0.717, 1.165) is 25.8 Å². The lowest BCUT2D eigenvalue weighted by molar-refractivity contribution is -0.923. The topological polar surface area (TPSA) is 75.6 Å². The summed E-state index contributed by atoms with van der Waals surface area (Å²) in [5, 5.41) is 4.01. The number of fused-ring (bicyclic) bond motifs is 1. The molecule has 0 bridgehead atoms. The largest absolute Gasteiger partial charge is 0.464 e. The monoisotopic (exact) mass is 378 g/mol. The lowest BCUT2D eigenvalue weighted by atomic mass is 10.00. The number of nitrogens with one attached hydrogen (secondary N) is 3. The Labute approximate surface area is 157 Å². The fraction of sp³-hybridized carbons (Fsp3) is 0.474. The van der Waals surface area contributed by atoms with E-state index in [2.05, 4.69) is 17.2 Å². The van der Waals surface area contributed by atoms with Gasteiger partial charge in [-0.3, -0.25) is 4.79 Å². The number of anilines is 1. The number of hydrogen-bond donors (Lipinski definition) is 3. The molecular formula is C19H25ClN3O3+. The molecule has 1 unspecified atom stereocenters. The number of piperidine rings is 1. The number of aromatic nitrogens is 1. The van der Waals surface area contributed by atoms with Gasteiger partial charge in [-0.15, -0.1) is 0 Å². The highest BCUT2D eigenvalue weighted by Crippen LogP contribution is 2.33. The average molecular weight is 379 g/mol. The van der Waals surface area contributed by atoms with Crippen molar-refractivity contribution in [1.29, 1.82) is 0 Å². The van der Waals surface area contributed by atoms with Crippen LogP contribution in [0.15, 0.2) is 18.2 Å². The van der Waals surface area contributed by atoms with E-state index in [1.54, 1.807) is 12.1 Å². The van der Waals surface area contributed by atoms with E-state index in [9.17, 15) is 9.59 Å². The van der Waals surface area contributed by atoms with E-state index >= 15 is 0 Å². The van der Waals surface area contributed by atoms with Crippen molar-refractivity contribution in [2.24, 2.45) is 0 Å². The molecule has 1 fully saturated rings. The maximum absolute atomic E-state index is 12.7. The number of ether oxygens (including phenoxy) is 1. The number of quaternary nitrogens is 1. The predicted molar refractivity (Wildman–Crippen MR) is 102 cm³/mol. The zero-order valence-electron chi connectivity index (χ0n) is 15.2. The van der Waals surface area contributed by atoms with E-state index < -0.39 is 5.97 Å². The van der Waals surface area contributed by atoms with E-state index in [1.807, 2.05) is 6.07 Å². The highest BCUT2D eigenvalue weighted by molar-refractivity contribution is 6.37. The van der Waals surface area contributed by atoms with Gasteiger partial charge in [0.05, 0.1) is 30.4 Å². The smallest absolute Gasteiger partial charge is 0.356 e. The van der Waals surface area contributed by atoms with Gasteiger partial charge in [0.1, 0.15) is 5.69 Å². The Morgan fingerprint density at radius 3 is 2.92 bits per heavy atom. The number of rotatable bonds is 5. The number of halogens is 1. The van der Waals surface area contributed by atoms with Gasteiger partial charge < -0.3 is 19.9 Å². The summed E-state index contributed by atoms with van der Waals surface area (Å²) in [6.07, 6.45) is 4.60. The van der Waals surface area contributed by atoms with Crippen molar-refractivity contribution in [2.45, 2.75) is 38.6 Å². The van der Waals surface area contributed by atoms with Gasteiger partial charge in [-0.25, -0.2) is 4.79 Å². The molecule has 1 saturated heterocycles. The van der Waals surface area contributed by atoms with Crippen LogP contribution in [0.25, 0.3) is 10.9 Å². The zero-order valence-corrected chi connectivity index (χ0v) is 15.9. The van der Waals surface area contributed by atoms with Gasteiger partial charge in [0.2, 0.25) is 0 Å². The van der Waals surface area contributed by atoms with Crippen molar-refractivity contribution in [3.05, 3.63) is 28.9 Å². The summed E-state index contributed by atoms with van der Waals surface area (Å²) >= 11 is 6.32. The third-order valence-corrected chi connectivity index (χ3v) is 5.50. The molecule has 3 N–H and O–H groups in total. The fourth-order valence-corrected chi connectivity index (χ4v) is 4.12. The van der Waals surface area contributed by atoms with E-state index in [1.165, 1.54) is 18.4 Å². The van der Waals surface area contributed by atoms with Crippen LogP contribution in [0.3, 0.4) is 0 Å². The summed E-state index contributed by atoms with van der Waals surface area (Å²) in [6.45, 7) is 3.56. The van der Waals surface area contributed by atoms with E-state index in [4.69, 9.17) is 16.3 Å². The van der Waals surface area contributed by atoms with Gasteiger partial charge in [-0.1, -0.05) is 24.6 Å². The molecule has 0 saturated carbocycles. The third kappa shape index (κ3) is 3.71. The SMILES string of the molecule is CC[C@@H]1CCCC[NH+]1CC(=O)Nc1c(C(=O)OC)[nH]c2cccc(Cl)c12. The normalized spacial score (nSPS) is 20.1. The molecule has 1 amide bonds. The molecule has 1 aromatic heterocycles. The summed E-state index contributed by atoms with van der Waals surface area (Å²) in [7, 11) is 1.31. The van der Waals surface area contributed by atoms with Crippen molar-refractivity contribution in [3.63, 3.8) is 0 Å². The molecule has 3 rings (SSSR count). The van der Waals surface area contributed by atoms with Crippen LogP contribution >= 0.6 is 11.6 Å². The zero-order chi connectivity index (χ0) is 18.7. The third-order valence-electron chi connectivity index (χ3n) is 5.19. The molecular weight excluding hydrogens is 354 g/mol. The number of methoxy groups -OCH3 is 1. The molecule has 2 aromatic rings. The van der Waals surface area contributed by atoms with Gasteiger partial charge in [0.25, 0.3) is 5.91 Å². The molecule has 0 spiro atoms. The molecule has 0 radical (unpaired) electrons. The maximum Gasteiger partial charge on any atom is 0.356 e. The fourth-order valence-electron chi connectivity index (χ4n) is 3.85. The lowest BCUT2D eigenvalue weighted by Crippen LogP contribution is -3.17. The summed E-state index contributed by atoms with van der Waals surface area (Å²) in [5.74, 6) is -0.657. The molecule has 6 nitrogen and oxygen atoms in total. The minimum absolute atomic E-state index is 0.119. The minimum Gasteiger partial charge on any atom is -0.464 e. The van der Waals surface area contributed by atoms with E-state index in [-0.39, 0.29) is 11.6 Å². The average Bonchev–Trinajstić information content (AvgIpc) is 3.01. The first kappa shape index (κ1) is 18.7. The van der Waals surface area contributed by atoms with E-state index in [0.29, 0.717) is 34.2 Å². The Hall–Kier alpha value is -2.05. The number of benzene rings is 1. The predicted octanol–water partition coefficient (Wildman–Crippen LogP) is 2.39. The van der Waals surface area contributed by atoms with Gasteiger partial charge in [0.15, 0.2) is 6.54 Å². The summed E-state index contributed by atoms with van der Waals surface area (Å²) < 4.78 is 4.84. The van der Waals surface area contributed by atoms with Crippen molar-refractivity contribution < 1.29 is 19.2 Å². The van der Waals surface area contributed by atoms with Crippen molar-refractivity contribution >= 4 is 40.1 Å². The van der Waals surface area contributed by atoms with Crippen LogP contribution in [0.4, 0.5) is 5.69 Å². The number of likely N-dealkylation sites (tertiary alicyclic amines) is 1. The van der Waals surface area contributed by atoms with Crippen LogP contribution in [-0.4, -0.2) is 43.1 Å². The number of carbonyl (C=O) groups is 2. The molecule has 0 aliphatic carbocycles. The Morgan fingerprint density at radius 1 is 1.38 bits per heavy atom. The molecule has 2 atom stereocenters. The number of hydrogen-bond acceptors (Lipinski definition) is 3. The summed E-state index contributed by atoms with van der Waals surface area (Å²) in [4.78, 5) is 29.2. The van der Waals surface area contributed by atoms with Gasteiger partial charge >= 0.3 is 5.97 Å². The first-order valence-corrected chi connectivity index (χ1v) is 9.45. The first-order valence-electron chi connectivity index (χ1n) is 9.08. The second kappa shape index (κ2) is 8.10. The maximum atomic E-state index is 12.7. The number of carbonyl (C=O) groups excluding carboxylic acids is 2. The lowest BCUT2D eigenvalue weighted by Gasteiger charge is -2.31. The van der Waals surface area contributed by atoms with Crippen molar-refractivity contribution in [2.75, 3.05) is 25.5 Å². The Morgan fingerprint density at radius 2 is 2.19 bits per heavy atom. The van der Waals surface area contributed by atoms with Crippen LogP contribution in [0.5, 0.6) is 0 Å². The van der Waals surface area contributed by atoms with Crippen LogP contribution < -0.4 is 10.2 Å². The number of esters is 1. The van der Waals surface area contributed by atoms with Gasteiger partial charge in [-0.05, 0) is 37.8 Å². The first-order chi connectivity index (χ1) is 12.5. The van der Waals surface area contributed by atoms with Crippen molar-refractivity contribution in [1.82, 2.24) is 4.98 Å². The van der Waals surface area contributed by atoms with Gasteiger partial charge in [-0.2, -0.15) is 0 Å². The molecule has 1 aliphatic rings. The van der Waals surface area contributed by atoms with Crippen LogP contribution in [0.2, 0.25) is 5.02 Å². The highest BCUT2D eigenvalue weighted by Gasteiger charge is 2.28. The Bertz CT molecular complexity index is 818.